The molecule has 0 saturated heterocycles. The summed E-state index contributed by atoms with van der Waals surface area (Å²) in [6.45, 7) is 4.31. The summed E-state index contributed by atoms with van der Waals surface area (Å²) in [5.41, 5.74) is 8.53. The zero-order chi connectivity index (χ0) is 12.7. The monoisotopic (exact) mass is 241 g/mol. The lowest BCUT2D eigenvalue weighted by Crippen LogP contribution is -2.07. The fourth-order valence-electron chi connectivity index (χ4n) is 2.43. The van der Waals surface area contributed by atoms with Gasteiger partial charge in [-0.2, -0.15) is 0 Å². The van der Waals surface area contributed by atoms with E-state index in [2.05, 4.69) is 30.5 Å². The molecule has 0 aliphatic heterocycles. The second-order valence-electron chi connectivity index (χ2n) is 5.31. The number of rotatable bonds is 3. The van der Waals surface area contributed by atoms with Crippen LogP contribution in [-0.4, -0.2) is 9.55 Å². The molecule has 0 bridgehead atoms. The van der Waals surface area contributed by atoms with Gasteiger partial charge in [0.1, 0.15) is 11.6 Å². The molecule has 0 atom stereocenters. The first-order valence-electron chi connectivity index (χ1n) is 6.61. The Kier molecular flexibility index (Phi) is 2.62. The Bertz CT molecular complexity index is 551. The Morgan fingerprint density at radius 3 is 2.44 bits per heavy atom. The third kappa shape index (κ3) is 1.80. The molecule has 1 aliphatic rings. The van der Waals surface area contributed by atoms with Crippen LogP contribution in [0.2, 0.25) is 0 Å². The smallest absolute Gasteiger partial charge is 0.142 e. The molecule has 1 aliphatic carbocycles. The number of aromatic nitrogens is 2. The summed E-state index contributed by atoms with van der Waals surface area (Å²) >= 11 is 0. The number of nitrogens with two attached hydrogens (primary N) is 1. The number of benzene rings is 1. The van der Waals surface area contributed by atoms with Crippen molar-refractivity contribution in [3.8, 4) is 11.4 Å². The Labute approximate surface area is 108 Å². The van der Waals surface area contributed by atoms with Gasteiger partial charge in [0.15, 0.2) is 0 Å². The fraction of sp³-hybridized carbons (Fsp3) is 0.400. The summed E-state index contributed by atoms with van der Waals surface area (Å²) < 4.78 is 2.16. The van der Waals surface area contributed by atoms with E-state index in [0.29, 0.717) is 12.0 Å². The van der Waals surface area contributed by atoms with E-state index >= 15 is 0 Å². The van der Waals surface area contributed by atoms with E-state index in [0.717, 1.165) is 22.9 Å². The maximum absolute atomic E-state index is 6.28. The molecule has 1 aromatic carbocycles. The van der Waals surface area contributed by atoms with Gasteiger partial charge < -0.3 is 10.3 Å². The molecule has 2 N–H and O–H groups in total. The predicted octanol–water partition coefficient (Wildman–Crippen LogP) is 3.59. The van der Waals surface area contributed by atoms with E-state index in [4.69, 9.17) is 10.7 Å². The van der Waals surface area contributed by atoms with Gasteiger partial charge in [-0.25, -0.2) is 4.98 Å². The third-order valence-corrected chi connectivity index (χ3v) is 3.49. The van der Waals surface area contributed by atoms with Crippen LogP contribution in [0.15, 0.2) is 30.3 Å². The van der Waals surface area contributed by atoms with Gasteiger partial charge in [0, 0.05) is 17.5 Å². The highest BCUT2D eigenvalue weighted by Gasteiger charge is 2.31. The molecule has 1 aromatic heterocycles. The van der Waals surface area contributed by atoms with Crippen LogP contribution in [0.4, 0.5) is 5.82 Å². The van der Waals surface area contributed by atoms with Crippen molar-refractivity contribution in [2.24, 2.45) is 0 Å². The topological polar surface area (TPSA) is 43.8 Å². The van der Waals surface area contributed by atoms with E-state index in [1.54, 1.807) is 0 Å². The van der Waals surface area contributed by atoms with Crippen LogP contribution in [0.1, 0.15) is 44.3 Å². The van der Waals surface area contributed by atoms with Crippen LogP contribution in [0.25, 0.3) is 11.4 Å². The molecule has 3 heteroatoms. The lowest BCUT2D eigenvalue weighted by atomic mass is 10.2. The van der Waals surface area contributed by atoms with Gasteiger partial charge in [0.25, 0.3) is 0 Å². The van der Waals surface area contributed by atoms with Crippen LogP contribution in [-0.2, 0) is 0 Å². The fourth-order valence-corrected chi connectivity index (χ4v) is 2.43. The quantitative estimate of drug-likeness (QED) is 0.892. The van der Waals surface area contributed by atoms with E-state index in [1.807, 2.05) is 18.2 Å². The molecule has 1 heterocycles. The molecule has 94 valence electrons. The molecule has 0 spiro atoms. The van der Waals surface area contributed by atoms with Crippen molar-refractivity contribution in [3.05, 3.63) is 36.0 Å². The van der Waals surface area contributed by atoms with Crippen molar-refractivity contribution in [1.82, 2.24) is 9.55 Å². The normalized spacial score (nSPS) is 15.3. The van der Waals surface area contributed by atoms with Crippen LogP contribution in [0.3, 0.4) is 0 Å². The number of hydrogen-bond donors (Lipinski definition) is 1. The number of anilines is 1. The summed E-state index contributed by atoms with van der Waals surface area (Å²) in [5, 5.41) is 0. The summed E-state index contributed by atoms with van der Waals surface area (Å²) in [5.74, 6) is 2.45. The standard InChI is InChI=1S/C15H19N3/c1-10(2)18-14(16)13(11-8-9-11)17-15(18)12-6-4-3-5-7-12/h3-7,10-11H,8-9,16H2,1-2H3. The minimum atomic E-state index is 0.334. The van der Waals surface area contributed by atoms with Gasteiger partial charge in [0.2, 0.25) is 0 Å². The highest BCUT2D eigenvalue weighted by molar-refractivity contribution is 5.61. The number of nitrogens with zero attached hydrogens (tertiary/aromatic N) is 2. The molecule has 3 rings (SSSR count). The first-order valence-corrected chi connectivity index (χ1v) is 6.61. The van der Waals surface area contributed by atoms with Crippen molar-refractivity contribution in [2.45, 2.75) is 38.6 Å². The second kappa shape index (κ2) is 4.16. The van der Waals surface area contributed by atoms with Crippen molar-refractivity contribution in [3.63, 3.8) is 0 Å². The van der Waals surface area contributed by atoms with E-state index in [-0.39, 0.29) is 0 Å². The summed E-state index contributed by atoms with van der Waals surface area (Å²) in [6.07, 6.45) is 2.46. The van der Waals surface area contributed by atoms with Crippen molar-refractivity contribution in [1.29, 1.82) is 0 Å². The van der Waals surface area contributed by atoms with Gasteiger partial charge in [0.05, 0.1) is 5.69 Å². The van der Waals surface area contributed by atoms with Gasteiger partial charge >= 0.3 is 0 Å². The van der Waals surface area contributed by atoms with Crippen LogP contribution < -0.4 is 5.73 Å². The van der Waals surface area contributed by atoms with Crippen LogP contribution in [0.5, 0.6) is 0 Å². The van der Waals surface area contributed by atoms with E-state index in [9.17, 15) is 0 Å². The molecular weight excluding hydrogens is 222 g/mol. The SMILES string of the molecule is CC(C)n1c(-c2ccccc2)nc(C2CC2)c1N. The maximum Gasteiger partial charge on any atom is 0.142 e. The van der Waals surface area contributed by atoms with E-state index in [1.165, 1.54) is 12.8 Å². The first-order chi connectivity index (χ1) is 8.68. The molecule has 1 saturated carbocycles. The van der Waals surface area contributed by atoms with E-state index < -0.39 is 0 Å². The highest BCUT2D eigenvalue weighted by atomic mass is 15.2. The predicted molar refractivity (Wildman–Crippen MR) is 74.4 cm³/mol. The lowest BCUT2D eigenvalue weighted by molar-refractivity contribution is 0.614. The minimum absolute atomic E-state index is 0.334. The molecule has 2 aromatic rings. The van der Waals surface area contributed by atoms with Crippen molar-refractivity contribution < 1.29 is 0 Å². The molecule has 0 radical (unpaired) electrons. The van der Waals surface area contributed by atoms with Gasteiger partial charge in [-0.3, -0.25) is 0 Å². The second-order valence-corrected chi connectivity index (χ2v) is 5.31. The zero-order valence-electron chi connectivity index (χ0n) is 10.9. The zero-order valence-corrected chi connectivity index (χ0v) is 10.9. The molecule has 0 unspecified atom stereocenters. The van der Waals surface area contributed by atoms with Crippen molar-refractivity contribution >= 4 is 5.82 Å². The van der Waals surface area contributed by atoms with Crippen LogP contribution in [0, 0.1) is 0 Å². The lowest BCUT2D eigenvalue weighted by Gasteiger charge is -2.13. The summed E-state index contributed by atoms with van der Waals surface area (Å²) in [4.78, 5) is 4.80. The Hall–Kier alpha value is -1.77. The molecule has 0 amide bonds. The Balaban J connectivity index is 2.16. The summed E-state index contributed by atoms with van der Waals surface area (Å²) in [6, 6.07) is 10.6. The highest BCUT2D eigenvalue weighted by Crippen LogP contribution is 2.44. The average molecular weight is 241 g/mol. The maximum atomic E-state index is 6.28. The van der Waals surface area contributed by atoms with Crippen molar-refractivity contribution in [2.75, 3.05) is 5.73 Å². The molecule has 1 fully saturated rings. The number of hydrogen-bond acceptors (Lipinski definition) is 2. The van der Waals surface area contributed by atoms with Gasteiger partial charge in [-0.05, 0) is 26.7 Å². The Morgan fingerprint density at radius 1 is 1.22 bits per heavy atom. The Morgan fingerprint density at radius 2 is 1.89 bits per heavy atom. The molecule has 18 heavy (non-hydrogen) atoms. The largest absolute Gasteiger partial charge is 0.384 e. The summed E-state index contributed by atoms with van der Waals surface area (Å²) in [7, 11) is 0. The van der Waals surface area contributed by atoms with Gasteiger partial charge in [-0.1, -0.05) is 30.3 Å². The number of nitrogen functional groups attached to an aromatic ring is 1. The third-order valence-electron chi connectivity index (χ3n) is 3.49. The number of imidazole rings is 1. The molecular formula is C15H19N3. The molecule has 3 nitrogen and oxygen atoms in total. The van der Waals surface area contributed by atoms with Crippen LogP contribution >= 0.6 is 0 Å². The average Bonchev–Trinajstić information content (AvgIpc) is 3.14. The van der Waals surface area contributed by atoms with Gasteiger partial charge in [-0.15, -0.1) is 0 Å². The first kappa shape index (κ1) is 11.3. The minimum Gasteiger partial charge on any atom is -0.384 e.